The summed E-state index contributed by atoms with van der Waals surface area (Å²) in [7, 11) is 0. The molecule has 1 aliphatic heterocycles. The van der Waals surface area contributed by atoms with Crippen molar-refractivity contribution in [3.05, 3.63) is 55.0 Å². The van der Waals surface area contributed by atoms with Crippen molar-refractivity contribution in [2.24, 2.45) is 15.8 Å². The van der Waals surface area contributed by atoms with E-state index < -0.39 is 11.5 Å². The predicted octanol–water partition coefficient (Wildman–Crippen LogP) is 6.55. The standard InChI is InChI=1S/C12H17BrN2O3.C12H17BrN2/c1-8(16)6-12(2,3)11(15(17)18)5-10-4-9(13)7-14-10;1-8-6-12(2,3)11(15-8)5-10-4-9(13)7-14-10/h4,7,11,14H,5-6H2,1-3H3;4,7,11,14H,5-6H2,1-3H3. The number of ketones is 1. The third kappa shape index (κ3) is 8.21. The molecule has 2 N–H and O–H groups in total. The Morgan fingerprint density at radius 3 is 2.18 bits per heavy atom. The molecular formula is C24H34Br2N4O3. The van der Waals surface area contributed by atoms with Crippen LogP contribution in [0.1, 0.15) is 65.8 Å². The molecule has 0 aromatic carbocycles. The fourth-order valence-corrected chi connectivity index (χ4v) is 5.24. The lowest BCUT2D eigenvalue weighted by Crippen LogP contribution is -2.39. The molecule has 0 radical (unpaired) electrons. The molecule has 9 heteroatoms. The summed E-state index contributed by atoms with van der Waals surface area (Å²) in [5.74, 6) is -0.0282. The number of hydrogen-bond acceptors (Lipinski definition) is 4. The molecule has 0 fully saturated rings. The molecule has 2 atom stereocenters. The van der Waals surface area contributed by atoms with Crippen molar-refractivity contribution >= 4 is 43.4 Å². The smallest absolute Gasteiger partial charge is 0.223 e. The number of aliphatic imine (C=N–C) groups is 1. The van der Waals surface area contributed by atoms with Gasteiger partial charge in [0.1, 0.15) is 5.78 Å². The van der Waals surface area contributed by atoms with E-state index in [0.29, 0.717) is 17.9 Å². The highest BCUT2D eigenvalue weighted by Gasteiger charge is 2.40. The molecular weight excluding hydrogens is 552 g/mol. The fraction of sp³-hybridized carbons (Fsp3) is 0.583. The summed E-state index contributed by atoms with van der Waals surface area (Å²) in [6.07, 6.45) is 6.35. The lowest BCUT2D eigenvalue weighted by atomic mass is 9.78. The van der Waals surface area contributed by atoms with Crippen molar-refractivity contribution in [3.8, 4) is 0 Å². The van der Waals surface area contributed by atoms with Gasteiger partial charge in [-0.1, -0.05) is 27.7 Å². The molecule has 3 heterocycles. The SMILES string of the molecule is CC(=O)CC(C)(C)C(Cc1cc(Br)c[nH]1)[N+](=O)[O-].CC1=NC(Cc2cc(Br)c[nH]2)C(C)(C)C1. The van der Waals surface area contributed by atoms with Gasteiger partial charge in [0.05, 0.1) is 12.5 Å². The highest BCUT2D eigenvalue weighted by molar-refractivity contribution is 9.10. The summed E-state index contributed by atoms with van der Waals surface area (Å²) >= 11 is 6.75. The molecule has 0 amide bonds. The molecule has 0 bridgehead atoms. The van der Waals surface area contributed by atoms with E-state index in [4.69, 9.17) is 4.99 Å². The molecule has 2 aromatic heterocycles. The van der Waals surface area contributed by atoms with Gasteiger partial charge in [-0.3, -0.25) is 15.1 Å². The molecule has 7 nitrogen and oxygen atoms in total. The first-order valence-electron chi connectivity index (χ1n) is 11.0. The van der Waals surface area contributed by atoms with E-state index in [9.17, 15) is 14.9 Å². The van der Waals surface area contributed by atoms with Crippen molar-refractivity contribution < 1.29 is 9.72 Å². The first kappa shape index (κ1) is 27.5. The zero-order valence-corrected chi connectivity index (χ0v) is 23.3. The van der Waals surface area contributed by atoms with Gasteiger partial charge in [0.25, 0.3) is 0 Å². The average molecular weight is 586 g/mol. The van der Waals surface area contributed by atoms with Crippen molar-refractivity contribution in [1.82, 2.24) is 9.97 Å². The third-order valence-electron chi connectivity index (χ3n) is 6.09. The van der Waals surface area contributed by atoms with Crippen LogP contribution in [-0.2, 0) is 17.6 Å². The Kier molecular flexibility index (Phi) is 9.27. The van der Waals surface area contributed by atoms with Gasteiger partial charge >= 0.3 is 0 Å². The van der Waals surface area contributed by atoms with Gasteiger partial charge in [0.15, 0.2) is 0 Å². The van der Waals surface area contributed by atoms with Gasteiger partial charge in [0.2, 0.25) is 6.04 Å². The first-order chi connectivity index (χ1) is 15.2. The lowest BCUT2D eigenvalue weighted by molar-refractivity contribution is -0.540. The monoisotopic (exact) mass is 584 g/mol. The summed E-state index contributed by atoms with van der Waals surface area (Å²) in [4.78, 5) is 33.1. The predicted molar refractivity (Wildman–Crippen MR) is 140 cm³/mol. The largest absolute Gasteiger partial charge is 0.364 e. The van der Waals surface area contributed by atoms with Crippen LogP contribution in [0.3, 0.4) is 0 Å². The number of Topliss-reactive ketones (excluding diaryl/α,β-unsaturated/α-hetero) is 1. The molecule has 3 rings (SSSR count). The van der Waals surface area contributed by atoms with Crippen LogP contribution in [0.25, 0.3) is 0 Å². The summed E-state index contributed by atoms with van der Waals surface area (Å²) in [5, 5.41) is 11.2. The number of carbonyl (C=O) groups is 1. The van der Waals surface area contributed by atoms with E-state index in [-0.39, 0.29) is 17.1 Å². The molecule has 1 aliphatic rings. The lowest BCUT2D eigenvalue weighted by Gasteiger charge is -2.26. The molecule has 0 aliphatic carbocycles. The summed E-state index contributed by atoms with van der Waals surface area (Å²) in [6.45, 7) is 11.7. The molecule has 182 valence electrons. The van der Waals surface area contributed by atoms with Crippen molar-refractivity contribution in [1.29, 1.82) is 0 Å². The summed E-state index contributed by atoms with van der Waals surface area (Å²) in [5.41, 5.74) is 2.99. The Morgan fingerprint density at radius 1 is 1.24 bits per heavy atom. The van der Waals surface area contributed by atoms with Crippen LogP contribution >= 0.6 is 31.9 Å². The number of H-pyrrole nitrogens is 2. The normalized spacial score (nSPS) is 18.3. The van der Waals surface area contributed by atoms with Gasteiger partial charge in [0, 0.05) is 61.6 Å². The van der Waals surface area contributed by atoms with E-state index in [1.807, 2.05) is 12.3 Å². The Morgan fingerprint density at radius 2 is 1.79 bits per heavy atom. The second-order valence-corrected chi connectivity index (χ2v) is 12.1. The second-order valence-electron chi connectivity index (χ2n) is 10.3. The Bertz CT molecular complexity index is 1010. The maximum absolute atomic E-state index is 11.2. The van der Waals surface area contributed by atoms with Gasteiger partial charge in [-0.05, 0) is 69.7 Å². The van der Waals surface area contributed by atoms with E-state index in [1.165, 1.54) is 18.3 Å². The number of rotatable bonds is 8. The molecule has 2 unspecified atom stereocenters. The van der Waals surface area contributed by atoms with Crippen LogP contribution in [0.15, 0.2) is 38.5 Å². The van der Waals surface area contributed by atoms with Crippen LogP contribution in [0.2, 0.25) is 0 Å². The molecule has 2 aromatic rings. The molecule has 0 spiro atoms. The van der Waals surface area contributed by atoms with Crippen LogP contribution in [0.4, 0.5) is 0 Å². The minimum atomic E-state index is -0.785. The van der Waals surface area contributed by atoms with Crippen molar-refractivity contribution in [3.63, 3.8) is 0 Å². The maximum Gasteiger partial charge on any atom is 0.223 e. The highest BCUT2D eigenvalue weighted by atomic mass is 79.9. The number of aromatic amines is 2. The Hall–Kier alpha value is -1.74. The maximum atomic E-state index is 11.2. The third-order valence-corrected chi connectivity index (χ3v) is 7.01. The number of aromatic nitrogens is 2. The number of nitro groups is 1. The minimum Gasteiger partial charge on any atom is -0.364 e. The number of halogens is 2. The summed E-state index contributed by atoms with van der Waals surface area (Å²) < 4.78 is 1.98. The number of hydrogen-bond donors (Lipinski definition) is 2. The zero-order chi connectivity index (χ0) is 25.0. The topological polar surface area (TPSA) is 104 Å². The number of nitrogens with one attached hydrogen (secondary N) is 2. The second kappa shape index (κ2) is 11.1. The first-order valence-corrected chi connectivity index (χ1v) is 12.6. The highest BCUT2D eigenvalue weighted by Crippen LogP contribution is 2.36. The number of nitrogens with zero attached hydrogens (tertiary/aromatic N) is 2. The van der Waals surface area contributed by atoms with Crippen LogP contribution in [-0.4, -0.2) is 38.5 Å². The minimum absolute atomic E-state index is 0.0282. The van der Waals surface area contributed by atoms with E-state index in [1.54, 1.807) is 20.0 Å². The van der Waals surface area contributed by atoms with E-state index in [0.717, 1.165) is 27.5 Å². The quantitative estimate of drug-likeness (QED) is 0.271. The Balaban J connectivity index is 0.000000237. The van der Waals surface area contributed by atoms with Crippen molar-refractivity contribution in [2.75, 3.05) is 0 Å². The Labute approximate surface area is 212 Å². The van der Waals surface area contributed by atoms with E-state index in [2.05, 4.69) is 68.7 Å². The van der Waals surface area contributed by atoms with E-state index >= 15 is 0 Å². The van der Waals surface area contributed by atoms with Crippen LogP contribution in [0, 0.1) is 20.9 Å². The average Bonchev–Trinajstić information content (AvgIpc) is 3.31. The van der Waals surface area contributed by atoms with Crippen LogP contribution < -0.4 is 0 Å². The molecule has 33 heavy (non-hydrogen) atoms. The fourth-order valence-electron chi connectivity index (χ4n) is 4.46. The van der Waals surface area contributed by atoms with Gasteiger partial charge < -0.3 is 14.8 Å². The van der Waals surface area contributed by atoms with Gasteiger partial charge in [-0.25, -0.2) is 0 Å². The van der Waals surface area contributed by atoms with Gasteiger partial charge in [-0.15, -0.1) is 0 Å². The number of carbonyl (C=O) groups excluding carboxylic acids is 1. The van der Waals surface area contributed by atoms with Gasteiger partial charge in [-0.2, -0.15) is 0 Å². The van der Waals surface area contributed by atoms with Crippen LogP contribution in [0.5, 0.6) is 0 Å². The zero-order valence-electron chi connectivity index (χ0n) is 20.2. The molecule has 0 saturated heterocycles. The van der Waals surface area contributed by atoms with Crippen molar-refractivity contribution in [2.45, 2.75) is 79.3 Å². The molecule has 0 saturated carbocycles. The summed E-state index contributed by atoms with van der Waals surface area (Å²) in [6, 6.07) is 3.59.